The van der Waals surface area contributed by atoms with E-state index in [1.54, 1.807) is 0 Å². The molecule has 2 aliphatic rings. The average Bonchev–Trinajstić information content (AvgIpc) is 2.96. The van der Waals surface area contributed by atoms with Crippen LogP contribution in [0.25, 0.3) is 0 Å². The van der Waals surface area contributed by atoms with Gasteiger partial charge in [-0.2, -0.15) is 4.37 Å². The number of rotatable bonds is 3. The highest BCUT2D eigenvalue weighted by molar-refractivity contribution is 7.09. The van der Waals surface area contributed by atoms with Gasteiger partial charge in [0.05, 0.1) is 0 Å². The molecule has 1 saturated carbocycles. The fourth-order valence-electron chi connectivity index (χ4n) is 1.82. The summed E-state index contributed by atoms with van der Waals surface area (Å²) in [4.78, 5) is 4.55. The Labute approximate surface area is 93.2 Å². The summed E-state index contributed by atoms with van der Waals surface area (Å²) >= 11 is 1.50. The second-order valence-corrected chi connectivity index (χ2v) is 5.01. The van der Waals surface area contributed by atoms with E-state index in [0.717, 1.165) is 37.0 Å². The monoisotopic (exact) mass is 225 g/mol. The normalized spacial score (nSPS) is 22.9. The van der Waals surface area contributed by atoms with E-state index in [1.807, 2.05) is 0 Å². The molecule has 0 aromatic carbocycles. The molecular formula is C10H15N3OS. The predicted molar refractivity (Wildman–Crippen MR) is 59.3 cm³/mol. The van der Waals surface area contributed by atoms with Gasteiger partial charge in [0, 0.05) is 36.7 Å². The number of anilines is 1. The molecule has 2 fully saturated rings. The molecule has 1 saturated heterocycles. The van der Waals surface area contributed by atoms with Gasteiger partial charge in [-0.25, -0.2) is 4.98 Å². The molecule has 0 radical (unpaired) electrons. The Bertz CT molecular complexity index is 331. The molecule has 3 rings (SSSR count). The van der Waals surface area contributed by atoms with Crippen LogP contribution in [0, 0.1) is 0 Å². The molecule has 0 amide bonds. The van der Waals surface area contributed by atoms with E-state index in [-0.39, 0.29) is 0 Å². The van der Waals surface area contributed by atoms with Crippen molar-refractivity contribution >= 4 is 16.7 Å². The third kappa shape index (κ3) is 2.29. The second-order valence-electron chi connectivity index (χ2n) is 4.26. The van der Waals surface area contributed by atoms with E-state index in [9.17, 15) is 0 Å². The summed E-state index contributed by atoms with van der Waals surface area (Å²) in [5.74, 6) is 1.54. The Morgan fingerprint density at radius 1 is 1.20 bits per heavy atom. The van der Waals surface area contributed by atoms with Crippen LogP contribution >= 0.6 is 11.5 Å². The molecule has 0 unspecified atom stereocenters. The third-order valence-corrected chi connectivity index (χ3v) is 3.59. The maximum Gasteiger partial charge on any atom is 0.202 e. The SMILES string of the molecule is C1CC(c2nsc(NC3CC3)n2)CCO1. The first-order valence-corrected chi connectivity index (χ1v) is 6.37. The number of hydrogen-bond donors (Lipinski definition) is 1. The number of hydrogen-bond acceptors (Lipinski definition) is 5. The summed E-state index contributed by atoms with van der Waals surface area (Å²) in [6.07, 6.45) is 4.71. The first-order chi connectivity index (χ1) is 7.42. The lowest BCUT2D eigenvalue weighted by Crippen LogP contribution is -2.15. The molecule has 0 spiro atoms. The smallest absolute Gasteiger partial charge is 0.202 e. The molecule has 82 valence electrons. The summed E-state index contributed by atoms with van der Waals surface area (Å²) in [6.45, 7) is 1.71. The van der Waals surface area contributed by atoms with Crippen molar-refractivity contribution < 1.29 is 4.74 Å². The minimum atomic E-state index is 0.518. The summed E-state index contributed by atoms with van der Waals surface area (Å²) in [5.41, 5.74) is 0. The van der Waals surface area contributed by atoms with Gasteiger partial charge in [-0.3, -0.25) is 0 Å². The van der Waals surface area contributed by atoms with Crippen LogP contribution in [0.4, 0.5) is 5.13 Å². The van der Waals surface area contributed by atoms with Crippen molar-refractivity contribution in [3.8, 4) is 0 Å². The number of ether oxygens (including phenoxy) is 1. The van der Waals surface area contributed by atoms with Crippen LogP contribution in [0.15, 0.2) is 0 Å². The van der Waals surface area contributed by atoms with Crippen molar-refractivity contribution in [1.82, 2.24) is 9.36 Å². The van der Waals surface area contributed by atoms with Crippen LogP contribution in [0.3, 0.4) is 0 Å². The molecule has 0 atom stereocenters. The molecule has 1 aromatic rings. The van der Waals surface area contributed by atoms with E-state index < -0.39 is 0 Å². The molecule has 5 heteroatoms. The van der Waals surface area contributed by atoms with Gasteiger partial charge in [0.1, 0.15) is 5.82 Å². The van der Waals surface area contributed by atoms with Gasteiger partial charge in [-0.1, -0.05) is 0 Å². The molecule has 1 aromatic heterocycles. The summed E-state index contributed by atoms with van der Waals surface area (Å²) in [6, 6.07) is 0.667. The average molecular weight is 225 g/mol. The molecule has 15 heavy (non-hydrogen) atoms. The lowest BCUT2D eigenvalue weighted by atomic mass is 10.00. The minimum Gasteiger partial charge on any atom is -0.381 e. The van der Waals surface area contributed by atoms with E-state index >= 15 is 0 Å². The maximum absolute atomic E-state index is 5.33. The summed E-state index contributed by atoms with van der Waals surface area (Å²) in [5, 5.41) is 4.39. The molecule has 1 aliphatic carbocycles. The van der Waals surface area contributed by atoms with Crippen molar-refractivity contribution in [1.29, 1.82) is 0 Å². The molecular weight excluding hydrogens is 210 g/mol. The predicted octanol–water partition coefficient (Wildman–Crippen LogP) is 2.01. The van der Waals surface area contributed by atoms with Crippen molar-refractivity contribution in [2.24, 2.45) is 0 Å². The fourth-order valence-corrected chi connectivity index (χ4v) is 2.54. The van der Waals surface area contributed by atoms with Crippen molar-refractivity contribution in [2.45, 2.75) is 37.6 Å². The van der Waals surface area contributed by atoms with Crippen molar-refractivity contribution in [3.05, 3.63) is 5.82 Å². The zero-order chi connectivity index (χ0) is 10.1. The minimum absolute atomic E-state index is 0.518. The van der Waals surface area contributed by atoms with Gasteiger partial charge in [0.15, 0.2) is 0 Å². The molecule has 0 bridgehead atoms. The van der Waals surface area contributed by atoms with E-state index in [4.69, 9.17) is 4.74 Å². The van der Waals surface area contributed by atoms with Gasteiger partial charge < -0.3 is 10.1 Å². The lowest BCUT2D eigenvalue weighted by Gasteiger charge is -2.18. The Morgan fingerprint density at radius 2 is 2.00 bits per heavy atom. The summed E-state index contributed by atoms with van der Waals surface area (Å²) < 4.78 is 9.77. The molecule has 4 nitrogen and oxygen atoms in total. The van der Waals surface area contributed by atoms with Gasteiger partial charge >= 0.3 is 0 Å². The first-order valence-electron chi connectivity index (χ1n) is 5.60. The fraction of sp³-hybridized carbons (Fsp3) is 0.800. The van der Waals surface area contributed by atoms with Crippen LogP contribution < -0.4 is 5.32 Å². The van der Waals surface area contributed by atoms with Gasteiger partial charge in [0.25, 0.3) is 0 Å². The number of nitrogens with one attached hydrogen (secondary N) is 1. The van der Waals surface area contributed by atoms with Gasteiger partial charge in [-0.15, -0.1) is 0 Å². The molecule has 1 aliphatic heterocycles. The molecule has 2 heterocycles. The van der Waals surface area contributed by atoms with E-state index in [1.165, 1.54) is 24.4 Å². The van der Waals surface area contributed by atoms with Gasteiger partial charge in [-0.05, 0) is 25.7 Å². The highest BCUT2D eigenvalue weighted by Crippen LogP contribution is 2.29. The lowest BCUT2D eigenvalue weighted by molar-refractivity contribution is 0.0838. The largest absolute Gasteiger partial charge is 0.381 e. The highest BCUT2D eigenvalue weighted by Gasteiger charge is 2.24. The van der Waals surface area contributed by atoms with Gasteiger partial charge in [0.2, 0.25) is 5.13 Å². The van der Waals surface area contributed by atoms with Crippen LogP contribution in [-0.2, 0) is 4.74 Å². The zero-order valence-corrected chi connectivity index (χ0v) is 9.42. The number of nitrogens with zero attached hydrogens (tertiary/aromatic N) is 2. The quantitative estimate of drug-likeness (QED) is 0.854. The Morgan fingerprint density at radius 3 is 2.73 bits per heavy atom. The van der Waals surface area contributed by atoms with Crippen LogP contribution in [0.5, 0.6) is 0 Å². The topological polar surface area (TPSA) is 47.0 Å². The Hall–Kier alpha value is -0.680. The Balaban J connectivity index is 1.65. The van der Waals surface area contributed by atoms with Crippen molar-refractivity contribution in [2.75, 3.05) is 18.5 Å². The van der Waals surface area contributed by atoms with E-state index in [0.29, 0.717) is 12.0 Å². The first kappa shape index (κ1) is 9.54. The van der Waals surface area contributed by atoms with Crippen molar-refractivity contribution in [3.63, 3.8) is 0 Å². The molecule has 1 N–H and O–H groups in total. The third-order valence-electron chi connectivity index (χ3n) is 2.93. The highest BCUT2D eigenvalue weighted by atomic mass is 32.1. The standard InChI is InChI=1S/C10H15N3OS/c1-2-8(1)11-10-12-9(13-15-10)7-3-5-14-6-4-7/h7-8H,1-6H2,(H,11,12,13). The number of aromatic nitrogens is 2. The second kappa shape index (κ2) is 4.06. The van der Waals surface area contributed by atoms with E-state index in [2.05, 4.69) is 14.7 Å². The zero-order valence-electron chi connectivity index (χ0n) is 8.61. The van der Waals surface area contributed by atoms with Crippen LogP contribution in [-0.4, -0.2) is 28.6 Å². The van der Waals surface area contributed by atoms with Crippen LogP contribution in [0.1, 0.15) is 37.4 Å². The van der Waals surface area contributed by atoms with Crippen LogP contribution in [0.2, 0.25) is 0 Å². The maximum atomic E-state index is 5.33. The summed E-state index contributed by atoms with van der Waals surface area (Å²) in [7, 11) is 0. The Kier molecular flexibility index (Phi) is 2.58.